The van der Waals surface area contributed by atoms with Crippen LogP contribution in [-0.4, -0.2) is 0 Å². The highest BCUT2D eigenvalue weighted by Crippen LogP contribution is 2.49. The molecule has 6 aromatic carbocycles. The Labute approximate surface area is 216 Å². The van der Waals surface area contributed by atoms with Crippen LogP contribution in [0.5, 0.6) is 11.5 Å². The Morgan fingerprint density at radius 2 is 1.14 bits per heavy atom. The molecular formula is C35H26O2. The molecule has 0 spiro atoms. The molecule has 0 fully saturated rings. The van der Waals surface area contributed by atoms with Crippen molar-refractivity contribution in [3.8, 4) is 22.6 Å². The van der Waals surface area contributed by atoms with Gasteiger partial charge in [-0.3, -0.25) is 0 Å². The minimum atomic E-state index is -0.547. The first-order valence-electron chi connectivity index (χ1n) is 12.7. The Morgan fingerprint density at radius 1 is 0.541 bits per heavy atom. The standard InChI is InChI=1S/C35H26O2/c1-23-11-14-27-18-20-32-34(30(27)21-23)33-29-10-6-5-9-26(29)17-19-31(33)36-35(37-32)28-15-12-25(13-16-28)22-24-7-3-2-4-8-24/h2-21,35H,22H2,1H3. The lowest BCUT2D eigenvalue weighted by molar-refractivity contribution is 0.00776. The molecule has 0 aliphatic carbocycles. The van der Waals surface area contributed by atoms with Crippen molar-refractivity contribution in [3.63, 3.8) is 0 Å². The normalized spacial score (nSPS) is 14.4. The first kappa shape index (κ1) is 21.7. The van der Waals surface area contributed by atoms with Crippen LogP contribution in [-0.2, 0) is 6.42 Å². The van der Waals surface area contributed by atoms with Gasteiger partial charge in [0.05, 0.1) is 0 Å². The summed E-state index contributed by atoms with van der Waals surface area (Å²) in [6.45, 7) is 2.14. The maximum Gasteiger partial charge on any atom is 0.267 e. The van der Waals surface area contributed by atoms with Gasteiger partial charge in [0.25, 0.3) is 6.29 Å². The van der Waals surface area contributed by atoms with Gasteiger partial charge in [0, 0.05) is 16.7 Å². The van der Waals surface area contributed by atoms with Gasteiger partial charge in [0.2, 0.25) is 0 Å². The number of aryl methyl sites for hydroxylation is 1. The van der Waals surface area contributed by atoms with E-state index in [1.54, 1.807) is 0 Å². The molecule has 1 atom stereocenters. The van der Waals surface area contributed by atoms with E-state index >= 15 is 0 Å². The lowest BCUT2D eigenvalue weighted by Gasteiger charge is -2.19. The number of hydrogen-bond donors (Lipinski definition) is 0. The van der Waals surface area contributed by atoms with Gasteiger partial charge < -0.3 is 9.47 Å². The lowest BCUT2D eigenvalue weighted by atomic mass is 9.92. The van der Waals surface area contributed by atoms with Gasteiger partial charge >= 0.3 is 0 Å². The second kappa shape index (κ2) is 8.83. The van der Waals surface area contributed by atoms with Gasteiger partial charge in [0.15, 0.2) is 0 Å². The zero-order chi connectivity index (χ0) is 24.8. The summed E-state index contributed by atoms with van der Waals surface area (Å²) in [6, 6.07) is 42.7. The summed E-state index contributed by atoms with van der Waals surface area (Å²) in [7, 11) is 0. The summed E-state index contributed by atoms with van der Waals surface area (Å²) in [5, 5.41) is 4.72. The van der Waals surface area contributed by atoms with E-state index in [0.29, 0.717) is 0 Å². The van der Waals surface area contributed by atoms with Crippen LogP contribution in [0.1, 0.15) is 28.5 Å². The van der Waals surface area contributed by atoms with Gasteiger partial charge in [0.1, 0.15) is 11.5 Å². The van der Waals surface area contributed by atoms with Crippen molar-refractivity contribution in [2.45, 2.75) is 19.6 Å². The highest BCUT2D eigenvalue weighted by atomic mass is 16.7. The van der Waals surface area contributed by atoms with E-state index in [9.17, 15) is 0 Å². The molecule has 1 aliphatic rings. The molecule has 7 rings (SSSR count). The topological polar surface area (TPSA) is 18.5 Å². The van der Waals surface area contributed by atoms with Gasteiger partial charge in [-0.2, -0.15) is 0 Å². The van der Waals surface area contributed by atoms with Gasteiger partial charge in [-0.15, -0.1) is 0 Å². The summed E-state index contributed by atoms with van der Waals surface area (Å²) in [6.07, 6.45) is 0.352. The van der Waals surface area contributed by atoms with Gasteiger partial charge in [-0.1, -0.05) is 115 Å². The Balaban J connectivity index is 1.37. The summed E-state index contributed by atoms with van der Waals surface area (Å²) in [5.74, 6) is 1.68. The molecule has 0 aromatic heterocycles. The third-order valence-corrected chi connectivity index (χ3v) is 7.25. The highest BCUT2D eigenvalue weighted by Gasteiger charge is 2.27. The van der Waals surface area contributed by atoms with Crippen LogP contribution in [0.4, 0.5) is 0 Å². The SMILES string of the molecule is Cc1ccc2ccc3c(c2c1)-c1c(ccc2ccccc12)OC(c1ccc(Cc2ccccc2)cc1)O3. The maximum atomic E-state index is 6.66. The molecule has 2 nitrogen and oxygen atoms in total. The van der Waals surface area contributed by atoms with E-state index in [-0.39, 0.29) is 0 Å². The van der Waals surface area contributed by atoms with E-state index < -0.39 is 6.29 Å². The summed E-state index contributed by atoms with van der Waals surface area (Å²) in [4.78, 5) is 0. The second-order valence-corrected chi connectivity index (χ2v) is 9.79. The van der Waals surface area contributed by atoms with Crippen LogP contribution >= 0.6 is 0 Å². The third-order valence-electron chi connectivity index (χ3n) is 7.25. The number of rotatable bonds is 3. The first-order valence-corrected chi connectivity index (χ1v) is 12.7. The zero-order valence-electron chi connectivity index (χ0n) is 20.6. The van der Waals surface area contributed by atoms with E-state index in [2.05, 4.69) is 128 Å². The minimum absolute atomic E-state index is 0.547. The largest absolute Gasteiger partial charge is 0.450 e. The number of fused-ring (bicyclic) bond motifs is 7. The third kappa shape index (κ3) is 3.91. The molecule has 1 heterocycles. The summed E-state index contributed by atoms with van der Waals surface area (Å²) < 4.78 is 13.3. The molecule has 0 bridgehead atoms. The van der Waals surface area contributed by atoms with E-state index in [1.165, 1.54) is 32.8 Å². The Bertz CT molecular complexity index is 1750. The maximum absolute atomic E-state index is 6.66. The van der Waals surface area contributed by atoms with E-state index in [1.807, 2.05) is 0 Å². The second-order valence-electron chi connectivity index (χ2n) is 9.79. The minimum Gasteiger partial charge on any atom is -0.450 e. The fourth-order valence-electron chi connectivity index (χ4n) is 5.39. The fraction of sp³-hybridized carbons (Fsp3) is 0.0857. The molecule has 37 heavy (non-hydrogen) atoms. The molecule has 6 aromatic rings. The predicted molar refractivity (Wildman–Crippen MR) is 151 cm³/mol. The van der Waals surface area contributed by atoms with Crippen LogP contribution < -0.4 is 9.47 Å². The molecule has 2 heteroatoms. The molecule has 178 valence electrons. The van der Waals surface area contributed by atoms with Crippen molar-refractivity contribution in [1.82, 2.24) is 0 Å². The number of benzene rings is 6. The number of hydrogen-bond acceptors (Lipinski definition) is 2. The van der Waals surface area contributed by atoms with Crippen molar-refractivity contribution in [1.29, 1.82) is 0 Å². The van der Waals surface area contributed by atoms with Crippen molar-refractivity contribution in [2.75, 3.05) is 0 Å². The lowest BCUT2D eigenvalue weighted by Crippen LogP contribution is -2.14. The van der Waals surface area contributed by atoms with Crippen LogP contribution in [0.25, 0.3) is 32.7 Å². The van der Waals surface area contributed by atoms with Crippen molar-refractivity contribution in [3.05, 3.63) is 144 Å². The quantitative estimate of drug-likeness (QED) is 0.253. The highest BCUT2D eigenvalue weighted by molar-refractivity contribution is 6.10. The summed E-state index contributed by atoms with van der Waals surface area (Å²) in [5.41, 5.74) is 6.96. The monoisotopic (exact) mass is 478 g/mol. The van der Waals surface area contributed by atoms with Crippen LogP contribution in [0, 0.1) is 6.92 Å². The van der Waals surface area contributed by atoms with Gasteiger partial charge in [-0.25, -0.2) is 0 Å². The Morgan fingerprint density at radius 3 is 1.89 bits per heavy atom. The summed E-state index contributed by atoms with van der Waals surface area (Å²) >= 11 is 0. The van der Waals surface area contributed by atoms with Crippen LogP contribution in [0.2, 0.25) is 0 Å². The molecular weight excluding hydrogens is 452 g/mol. The average Bonchev–Trinajstić information content (AvgIpc) is 3.11. The smallest absolute Gasteiger partial charge is 0.267 e. The molecule has 0 saturated heterocycles. The predicted octanol–water partition coefficient (Wildman–Crippen LogP) is 9.03. The molecule has 0 N–H and O–H groups in total. The van der Waals surface area contributed by atoms with Crippen molar-refractivity contribution < 1.29 is 9.47 Å². The molecule has 1 aliphatic heterocycles. The Kier molecular flexibility index (Phi) is 5.18. The van der Waals surface area contributed by atoms with Crippen molar-refractivity contribution >= 4 is 21.5 Å². The molecule has 1 unspecified atom stereocenters. The first-order chi connectivity index (χ1) is 18.2. The average molecular weight is 479 g/mol. The molecule has 0 amide bonds. The van der Waals surface area contributed by atoms with Gasteiger partial charge in [-0.05, 0) is 58.1 Å². The van der Waals surface area contributed by atoms with E-state index in [0.717, 1.165) is 40.0 Å². The molecule has 0 saturated carbocycles. The Hall–Kier alpha value is -4.56. The molecule has 0 radical (unpaired) electrons. The fourth-order valence-corrected chi connectivity index (χ4v) is 5.39. The van der Waals surface area contributed by atoms with E-state index in [4.69, 9.17) is 9.47 Å². The van der Waals surface area contributed by atoms with Crippen molar-refractivity contribution in [2.24, 2.45) is 0 Å². The van der Waals surface area contributed by atoms with Crippen LogP contribution in [0.15, 0.2) is 121 Å². The zero-order valence-corrected chi connectivity index (χ0v) is 20.6. The van der Waals surface area contributed by atoms with Crippen LogP contribution in [0.3, 0.4) is 0 Å². The number of ether oxygens (including phenoxy) is 2.